The van der Waals surface area contributed by atoms with Gasteiger partial charge in [0.25, 0.3) is 0 Å². The van der Waals surface area contributed by atoms with Crippen molar-refractivity contribution in [3.8, 4) is 0 Å². The molecule has 0 atom stereocenters. The van der Waals surface area contributed by atoms with Crippen LogP contribution in [-0.2, 0) is 4.79 Å². The largest absolute Gasteiger partial charge is 0.356 e. The Balaban J connectivity index is 1.21. The van der Waals surface area contributed by atoms with Crippen molar-refractivity contribution in [2.24, 2.45) is 4.99 Å². The summed E-state index contributed by atoms with van der Waals surface area (Å²) in [7, 11) is 1.85. The van der Waals surface area contributed by atoms with E-state index in [0.29, 0.717) is 17.7 Å². The highest BCUT2D eigenvalue weighted by Gasteiger charge is 2.38. The average molecular weight is 446 g/mol. The van der Waals surface area contributed by atoms with E-state index in [4.69, 9.17) is 0 Å². The summed E-state index contributed by atoms with van der Waals surface area (Å²) in [5, 5.41) is 3.45. The molecule has 0 bridgehead atoms. The Morgan fingerprint density at radius 3 is 2.55 bits per heavy atom. The van der Waals surface area contributed by atoms with Crippen molar-refractivity contribution >= 4 is 29.6 Å². The minimum Gasteiger partial charge on any atom is -0.356 e. The van der Waals surface area contributed by atoms with E-state index in [1.807, 2.05) is 18.0 Å². The molecule has 3 heterocycles. The molecule has 3 aliphatic rings. The lowest BCUT2D eigenvalue weighted by Crippen LogP contribution is -2.54. The fourth-order valence-electron chi connectivity index (χ4n) is 4.91. The zero-order chi connectivity index (χ0) is 21.5. The predicted octanol–water partition coefficient (Wildman–Crippen LogP) is 1.84. The van der Waals surface area contributed by atoms with Crippen LogP contribution < -0.4 is 10.2 Å². The third-order valence-electron chi connectivity index (χ3n) is 6.61. The van der Waals surface area contributed by atoms with Gasteiger partial charge in [0.2, 0.25) is 11.9 Å². The van der Waals surface area contributed by atoms with Gasteiger partial charge in [0.05, 0.1) is 0 Å². The summed E-state index contributed by atoms with van der Waals surface area (Å²) in [5.41, 5.74) is 0. The van der Waals surface area contributed by atoms with Crippen LogP contribution in [0, 0.1) is 0 Å². The van der Waals surface area contributed by atoms with E-state index in [2.05, 4.69) is 41.8 Å². The number of anilines is 1. The first-order chi connectivity index (χ1) is 15.2. The van der Waals surface area contributed by atoms with Crippen molar-refractivity contribution < 1.29 is 4.79 Å². The molecule has 1 spiro atoms. The molecular formula is C22H35N7OS. The quantitative estimate of drug-likeness (QED) is 0.560. The summed E-state index contributed by atoms with van der Waals surface area (Å²) in [4.78, 5) is 32.3. The van der Waals surface area contributed by atoms with Crippen LogP contribution in [0.2, 0.25) is 0 Å². The summed E-state index contributed by atoms with van der Waals surface area (Å²) in [6.45, 7) is 5.73. The lowest BCUT2D eigenvalue weighted by Gasteiger charge is -2.45. The second kappa shape index (κ2) is 10.5. The number of carbonyl (C=O) groups excluding carboxylic acids is 1. The van der Waals surface area contributed by atoms with Gasteiger partial charge in [0.15, 0.2) is 5.96 Å². The number of rotatable bonds is 4. The maximum atomic E-state index is 12.7. The van der Waals surface area contributed by atoms with E-state index in [0.717, 1.165) is 56.9 Å². The van der Waals surface area contributed by atoms with Gasteiger partial charge in [-0.25, -0.2) is 9.97 Å². The Morgan fingerprint density at radius 1 is 1.10 bits per heavy atom. The van der Waals surface area contributed by atoms with E-state index < -0.39 is 0 Å². The normalized spacial score (nSPS) is 22.0. The number of nitrogens with one attached hydrogen (secondary N) is 1. The van der Waals surface area contributed by atoms with E-state index >= 15 is 0 Å². The Kier molecular flexibility index (Phi) is 7.53. The molecule has 1 saturated carbocycles. The number of thioether (sulfide) groups is 1. The third kappa shape index (κ3) is 5.61. The van der Waals surface area contributed by atoms with Crippen molar-refractivity contribution in [2.75, 3.05) is 63.5 Å². The highest BCUT2D eigenvalue weighted by atomic mass is 32.2. The predicted molar refractivity (Wildman–Crippen MR) is 127 cm³/mol. The second-order valence-electron chi connectivity index (χ2n) is 8.65. The molecule has 8 nitrogen and oxygen atoms in total. The van der Waals surface area contributed by atoms with Crippen LogP contribution in [-0.4, -0.2) is 95.0 Å². The van der Waals surface area contributed by atoms with E-state index in [1.54, 1.807) is 12.4 Å². The number of guanidine groups is 1. The van der Waals surface area contributed by atoms with Gasteiger partial charge in [0, 0.05) is 82.2 Å². The summed E-state index contributed by atoms with van der Waals surface area (Å²) in [6.07, 6.45) is 10.7. The van der Waals surface area contributed by atoms with Gasteiger partial charge in [-0.2, -0.15) is 11.8 Å². The van der Waals surface area contributed by atoms with Crippen molar-refractivity contribution in [1.29, 1.82) is 0 Å². The van der Waals surface area contributed by atoms with Gasteiger partial charge < -0.3 is 20.0 Å². The maximum absolute atomic E-state index is 12.7. The Hall–Kier alpha value is -2.03. The third-order valence-corrected chi connectivity index (χ3v) is 8.15. The van der Waals surface area contributed by atoms with Crippen molar-refractivity contribution in [1.82, 2.24) is 25.1 Å². The maximum Gasteiger partial charge on any atom is 0.225 e. The van der Waals surface area contributed by atoms with Gasteiger partial charge in [-0.3, -0.25) is 9.79 Å². The van der Waals surface area contributed by atoms with Crippen LogP contribution in [0.4, 0.5) is 5.95 Å². The van der Waals surface area contributed by atoms with Gasteiger partial charge in [0.1, 0.15) is 0 Å². The summed E-state index contributed by atoms with van der Waals surface area (Å²) in [5.74, 6) is 3.06. The number of carbonyl (C=O) groups is 1. The Bertz CT molecular complexity index is 740. The van der Waals surface area contributed by atoms with Crippen LogP contribution >= 0.6 is 11.8 Å². The smallest absolute Gasteiger partial charge is 0.225 e. The van der Waals surface area contributed by atoms with Crippen molar-refractivity contribution in [3.05, 3.63) is 18.5 Å². The molecular weight excluding hydrogens is 410 g/mol. The molecule has 1 aliphatic carbocycles. The fraction of sp³-hybridized carbons (Fsp3) is 0.727. The van der Waals surface area contributed by atoms with Crippen LogP contribution in [0.5, 0.6) is 0 Å². The van der Waals surface area contributed by atoms with E-state index in [-0.39, 0.29) is 5.91 Å². The van der Waals surface area contributed by atoms with Crippen molar-refractivity contribution in [2.45, 2.75) is 43.3 Å². The number of aliphatic imine (C=N–C) groups is 1. The molecule has 2 aliphatic heterocycles. The van der Waals surface area contributed by atoms with Gasteiger partial charge in [-0.1, -0.05) is 19.3 Å². The fourth-order valence-corrected chi connectivity index (χ4v) is 6.48. The summed E-state index contributed by atoms with van der Waals surface area (Å²) >= 11 is 2.17. The second-order valence-corrected chi connectivity index (χ2v) is 10.2. The molecule has 1 N–H and O–H groups in total. The molecule has 9 heteroatoms. The first kappa shape index (κ1) is 22.2. The van der Waals surface area contributed by atoms with Crippen LogP contribution in [0.25, 0.3) is 0 Å². The molecule has 3 fully saturated rings. The van der Waals surface area contributed by atoms with E-state index in [1.165, 1.54) is 32.1 Å². The zero-order valence-corrected chi connectivity index (χ0v) is 19.4. The lowest BCUT2D eigenvalue weighted by molar-refractivity contribution is -0.131. The minimum atomic E-state index is 0.203. The Labute approximate surface area is 189 Å². The minimum absolute atomic E-state index is 0.203. The molecule has 0 aromatic carbocycles. The van der Waals surface area contributed by atoms with Gasteiger partial charge >= 0.3 is 0 Å². The number of piperazine rings is 1. The summed E-state index contributed by atoms with van der Waals surface area (Å²) < 4.78 is 0.409. The highest BCUT2D eigenvalue weighted by molar-refractivity contribution is 8.00. The molecule has 4 rings (SSSR count). The molecule has 2 saturated heterocycles. The monoisotopic (exact) mass is 445 g/mol. The molecule has 1 amide bonds. The number of nitrogens with zero attached hydrogens (tertiary/aromatic N) is 6. The summed E-state index contributed by atoms with van der Waals surface area (Å²) in [6, 6.07) is 1.82. The first-order valence-electron chi connectivity index (χ1n) is 11.6. The van der Waals surface area contributed by atoms with Crippen molar-refractivity contribution in [3.63, 3.8) is 0 Å². The van der Waals surface area contributed by atoms with Gasteiger partial charge in [-0.05, 0) is 18.9 Å². The molecule has 1 aromatic heterocycles. The number of amides is 1. The topological polar surface area (TPSA) is 77.0 Å². The highest BCUT2D eigenvalue weighted by Crippen LogP contribution is 2.42. The molecule has 0 unspecified atom stereocenters. The molecule has 1 aromatic rings. The van der Waals surface area contributed by atoms with Crippen LogP contribution in [0.3, 0.4) is 0 Å². The molecule has 0 radical (unpaired) electrons. The standard InChI is InChI=1S/C22H35N7OS/c1-23-20(29-16-17-31-22(18-29)7-3-2-4-8-22)26-11-6-19(30)27-12-14-28(15-13-27)21-24-9-5-10-25-21/h5,9-10H,2-4,6-8,11-18H2,1H3,(H,23,26). The van der Waals surface area contributed by atoms with Crippen LogP contribution in [0.15, 0.2) is 23.5 Å². The van der Waals surface area contributed by atoms with E-state index in [9.17, 15) is 4.79 Å². The zero-order valence-electron chi connectivity index (χ0n) is 18.6. The molecule has 170 valence electrons. The van der Waals surface area contributed by atoms with Gasteiger partial charge in [-0.15, -0.1) is 0 Å². The van der Waals surface area contributed by atoms with Crippen LogP contribution in [0.1, 0.15) is 38.5 Å². The number of aromatic nitrogens is 2. The SMILES string of the molecule is CN=C(NCCC(=O)N1CCN(c2ncccn2)CC1)N1CCSC2(CCCCC2)C1. The first-order valence-corrected chi connectivity index (χ1v) is 12.6. The average Bonchev–Trinajstić information content (AvgIpc) is 2.83. The number of hydrogen-bond acceptors (Lipinski definition) is 6. The lowest BCUT2D eigenvalue weighted by atomic mass is 9.87. The molecule has 31 heavy (non-hydrogen) atoms. The Morgan fingerprint density at radius 2 is 1.84 bits per heavy atom. The number of hydrogen-bond donors (Lipinski definition) is 1.